The lowest BCUT2D eigenvalue weighted by molar-refractivity contribution is -0.384. The summed E-state index contributed by atoms with van der Waals surface area (Å²) >= 11 is 11.4. The van der Waals surface area contributed by atoms with E-state index in [9.17, 15) is 19.7 Å². The summed E-state index contributed by atoms with van der Waals surface area (Å²) in [6.07, 6.45) is 5.29. The first-order valence-corrected chi connectivity index (χ1v) is 10.6. The molecule has 2 aromatic rings. The molecule has 0 aliphatic heterocycles. The molecule has 0 heterocycles. The van der Waals surface area contributed by atoms with Crippen LogP contribution in [0.1, 0.15) is 52.8 Å². The summed E-state index contributed by atoms with van der Waals surface area (Å²) in [6.45, 7) is 0. The van der Waals surface area contributed by atoms with Crippen LogP contribution in [-0.4, -0.2) is 27.9 Å². The number of nitrogens with one attached hydrogen (secondary N) is 3. The first kappa shape index (κ1) is 22.6. The van der Waals surface area contributed by atoms with E-state index in [-0.39, 0.29) is 28.3 Å². The Morgan fingerprint density at radius 3 is 2.52 bits per heavy atom. The molecule has 0 atom stereocenters. The predicted molar refractivity (Wildman–Crippen MR) is 123 cm³/mol. The van der Waals surface area contributed by atoms with Gasteiger partial charge in [-0.2, -0.15) is 0 Å². The Hall–Kier alpha value is -3.04. The number of rotatable bonds is 5. The van der Waals surface area contributed by atoms with Gasteiger partial charge in [0, 0.05) is 29.4 Å². The summed E-state index contributed by atoms with van der Waals surface area (Å²) in [5, 5.41) is 19.5. The summed E-state index contributed by atoms with van der Waals surface area (Å²) in [5.41, 5.74) is 0.687. The minimum atomic E-state index is -0.592. The molecule has 8 nitrogen and oxygen atoms in total. The van der Waals surface area contributed by atoms with E-state index in [1.165, 1.54) is 24.6 Å². The Morgan fingerprint density at radius 2 is 1.81 bits per heavy atom. The average molecular weight is 461 g/mol. The molecule has 162 valence electrons. The van der Waals surface area contributed by atoms with Crippen molar-refractivity contribution in [1.82, 2.24) is 10.6 Å². The average Bonchev–Trinajstić information content (AvgIpc) is 2.75. The molecular weight excluding hydrogens is 440 g/mol. The molecule has 1 saturated carbocycles. The van der Waals surface area contributed by atoms with Crippen LogP contribution < -0.4 is 16.0 Å². The van der Waals surface area contributed by atoms with Crippen LogP contribution in [0.15, 0.2) is 42.5 Å². The summed E-state index contributed by atoms with van der Waals surface area (Å²) in [6, 6.07) is 10.2. The van der Waals surface area contributed by atoms with Gasteiger partial charge >= 0.3 is 0 Å². The highest BCUT2D eigenvalue weighted by Gasteiger charge is 2.19. The van der Waals surface area contributed by atoms with Crippen LogP contribution in [0.3, 0.4) is 0 Å². The van der Waals surface area contributed by atoms with Crippen molar-refractivity contribution in [3.05, 3.63) is 68.7 Å². The highest BCUT2D eigenvalue weighted by molar-refractivity contribution is 7.80. The fraction of sp³-hybridized carbons (Fsp3) is 0.286. The third kappa shape index (κ3) is 6.22. The number of nitro benzene ring substituents is 1. The molecular formula is C21H21ClN4O4S. The van der Waals surface area contributed by atoms with Crippen molar-refractivity contribution in [2.24, 2.45) is 0 Å². The highest BCUT2D eigenvalue weighted by atomic mass is 35.5. The smallest absolute Gasteiger partial charge is 0.270 e. The topological polar surface area (TPSA) is 113 Å². The van der Waals surface area contributed by atoms with E-state index in [4.69, 9.17) is 23.8 Å². The zero-order chi connectivity index (χ0) is 22.4. The maximum Gasteiger partial charge on any atom is 0.270 e. The molecule has 2 aromatic carbocycles. The molecule has 0 spiro atoms. The van der Waals surface area contributed by atoms with Crippen LogP contribution >= 0.6 is 23.8 Å². The third-order valence-corrected chi connectivity index (χ3v) is 5.49. The van der Waals surface area contributed by atoms with Gasteiger partial charge in [0.25, 0.3) is 17.5 Å². The Labute approximate surface area is 189 Å². The van der Waals surface area contributed by atoms with E-state index < -0.39 is 10.8 Å². The Balaban J connectivity index is 1.64. The molecule has 0 aromatic heterocycles. The summed E-state index contributed by atoms with van der Waals surface area (Å²) in [4.78, 5) is 35.3. The van der Waals surface area contributed by atoms with Gasteiger partial charge in [-0.3, -0.25) is 25.0 Å². The molecule has 10 heteroatoms. The molecule has 2 amide bonds. The number of amides is 2. The van der Waals surface area contributed by atoms with Crippen molar-refractivity contribution in [3.63, 3.8) is 0 Å². The van der Waals surface area contributed by atoms with Crippen molar-refractivity contribution in [2.45, 2.75) is 38.1 Å². The lowest BCUT2D eigenvalue weighted by atomic mass is 9.95. The second-order valence-electron chi connectivity index (χ2n) is 7.22. The Kier molecular flexibility index (Phi) is 7.54. The van der Waals surface area contributed by atoms with Gasteiger partial charge < -0.3 is 10.6 Å². The van der Waals surface area contributed by atoms with Crippen molar-refractivity contribution in [1.29, 1.82) is 0 Å². The van der Waals surface area contributed by atoms with Gasteiger partial charge in [-0.15, -0.1) is 0 Å². The molecule has 1 aliphatic carbocycles. The van der Waals surface area contributed by atoms with Gasteiger partial charge in [0.15, 0.2) is 5.11 Å². The minimum Gasteiger partial charge on any atom is -0.349 e. The predicted octanol–water partition coefficient (Wildman–Crippen LogP) is 4.44. The molecule has 0 bridgehead atoms. The number of carbonyl (C=O) groups is 2. The standard InChI is InChI=1S/C21H21ClN4O4S/c22-18-10-9-15(12-17(18)20(28)23-14-6-2-1-3-7-14)24-21(31)25-19(27)13-5-4-8-16(11-13)26(29)30/h4-5,8-12,14H,1-3,6-7H2,(H,23,28)(H2,24,25,27,31). The maximum absolute atomic E-state index is 12.6. The fourth-order valence-corrected chi connectivity index (χ4v) is 3.80. The first-order chi connectivity index (χ1) is 14.8. The van der Waals surface area contributed by atoms with Crippen LogP contribution in [-0.2, 0) is 0 Å². The number of halogens is 1. The zero-order valence-electron chi connectivity index (χ0n) is 16.5. The molecule has 3 rings (SSSR count). The van der Waals surface area contributed by atoms with Gasteiger partial charge in [-0.1, -0.05) is 36.9 Å². The number of hydrogen-bond donors (Lipinski definition) is 3. The quantitative estimate of drug-likeness (QED) is 0.345. The highest BCUT2D eigenvalue weighted by Crippen LogP contribution is 2.23. The summed E-state index contributed by atoms with van der Waals surface area (Å²) < 4.78 is 0. The van der Waals surface area contributed by atoms with E-state index in [1.54, 1.807) is 18.2 Å². The zero-order valence-corrected chi connectivity index (χ0v) is 18.1. The molecule has 3 N–H and O–H groups in total. The molecule has 0 saturated heterocycles. The van der Waals surface area contributed by atoms with Crippen molar-refractivity contribution < 1.29 is 14.5 Å². The molecule has 0 radical (unpaired) electrons. The van der Waals surface area contributed by atoms with E-state index in [2.05, 4.69) is 16.0 Å². The van der Waals surface area contributed by atoms with Gasteiger partial charge in [-0.25, -0.2) is 0 Å². The van der Waals surface area contributed by atoms with E-state index in [1.807, 2.05) is 0 Å². The van der Waals surface area contributed by atoms with Crippen LogP contribution in [0.2, 0.25) is 5.02 Å². The van der Waals surface area contributed by atoms with Crippen LogP contribution in [0.4, 0.5) is 11.4 Å². The minimum absolute atomic E-state index is 0.0162. The lowest BCUT2D eigenvalue weighted by Gasteiger charge is -2.23. The molecule has 0 unspecified atom stereocenters. The van der Waals surface area contributed by atoms with Crippen molar-refractivity contribution in [2.75, 3.05) is 5.32 Å². The number of nitrogens with zero attached hydrogens (tertiary/aromatic N) is 1. The van der Waals surface area contributed by atoms with Crippen LogP contribution in [0, 0.1) is 10.1 Å². The van der Waals surface area contributed by atoms with Crippen LogP contribution in [0.25, 0.3) is 0 Å². The number of benzene rings is 2. The fourth-order valence-electron chi connectivity index (χ4n) is 3.39. The Bertz CT molecular complexity index is 1020. The molecule has 1 fully saturated rings. The second kappa shape index (κ2) is 10.3. The number of hydrogen-bond acceptors (Lipinski definition) is 5. The van der Waals surface area contributed by atoms with E-state index >= 15 is 0 Å². The summed E-state index contributed by atoms with van der Waals surface area (Å²) in [7, 11) is 0. The molecule has 1 aliphatic rings. The SMILES string of the molecule is O=C(NC(=S)Nc1ccc(Cl)c(C(=O)NC2CCCCC2)c1)c1cccc([N+](=O)[O-])c1. The van der Waals surface area contributed by atoms with Gasteiger partial charge in [0.2, 0.25) is 0 Å². The van der Waals surface area contributed by atoms with Crippen molar-refractivity contribution >= 4 is 52.1 Å². The second-order valence-corrected chi connectivity index (χ2v) is 8.03. The monoisotopic (exact) mass is 460 g/mol. The van der Waals surface area contributed by atoms with E-state index in [0.29, 0.717) is 16.3 Å². The van der Waals surface area contributed by atoms with Gasteiger partial charge in [0.1, 0.15) is 0 Å². The normalized spacial score (nSPS) is 13.8. The number of nitro groups is 1. The summed E-state index contributed by atoms with van der Waals surface area (Å²) in [5.74, 6) is -0.850. The first-order valence-electron chi connectivity index (χ1n) is 9.80. The van der Waals surface area contributed by atoms with E-state index in [0.717, 1.165) is 31.7 Å². The van der Waals surface area contributed by atoms with Gasteiger partial charge in [0.05, 0.1) is 15.5 Å². The van der Waals surface area contributed by atoms with Gasteiger partial charge in [-0.05, 0) is 49.3 Å². The third-order valence-electron chi connectivity index (χ3n) is 4.96. The maximum atomic E-state index is 12.6. The number of thiocarbonyl (C=S) groups is 1. The number of anilines is 1. The van der Waals surface area contributed by atoms with Crippen molar-refractivity contribution in [3.8, 4) is 0 Å². The lowest BCUT2D eigenvalue weighted by Crippen LogP contribution is -2.36. The largest absolute Gasteiger partial charge is 0.349 e. The number of carbonyl (C=O) groups excluding carboxylic acids is 2. The Morgan fingerprint density at radius 1 is 1.06 bits per heavy atom. The number of non-ortho nitro benzene ring substituents is 1. The van der Waals surface area contributed by atoms with Crippen LogP contribution in [0.5, 0.6) is 0 Å². The molecule has 31 heavy (non-hydrogen) atoms.